The molecule has 4 heteroatoms. The van der Waals surface area contributed by atoms with Crippen molar-refractivity contribution in [1.82, 2.24) is 5.32 Å². The average molecular weight is 315 g/mol. The molecule has 1 N–H and O–H groups in total. The van der Waals surface area contributed by atoms with Gasteiger partial charge in [-0.1, -0.05) is 34.5 Å². The molecule has 0 spiro atoms. The molecule has 0 aliphatic rings. The molecule has 90 valence electrons. The van der Waals surface area contributed by atoms with Crippen molar-refractivity contribution in [2.24, 2.45) is 0 Å². The summed E-state index contributed by atoms with van der Waals surface area (Å²) in [7, 11) is 0. The lowest BCUT2D eigenvalue weighted by Crippen LogP contribution is -2.21. The number of hydrogen-bond donors (Lipinski definition) is 1. The molecule has 1 aromatic carbocycles. The van der Waals surface area contributed by atoms with Crippen molar-refractivity contribution in [2.45, 2.75) is 13.0 Å². The maximum Gasteiger partial charge on any atom is 0.0953 e. The van der Waals surface area contributed by atoms with E-state index in [1.807, 2.05) is 24.3 Å². The highest BCUT2D eigenvalue weighted by atomic mass is 79.9. The minimum Gasteiger partial charge on any atom is -0.472 e. The van der Waals surface area contributed by atoms with E-state index in [2.05, 4.69) is 28.2 Å². The van der Waals surface area contributed by atoms with Crippen molar-refractivity contribution in [2.75, 3.05) is 6.54 Å². The highest BCUT2D eigenvalue weighted by molar-refractivity contribution is 9.10. The van der Waals surface area contributed by atoms with Crippen LogP contribution in [0, 0.1) is 0 Å². The van der Waals surface area contributed by atoms with Gasteiger partial charge in [0.25, 0.3) is 0 Å². The van der Waals surface area contributed by atoms with Gasteiger partial charge in [0, 0.05) is 15.1 Å². The Bertz CT molecular complexity index is 484. The molecule has 1 unspecified atom stereocenters. The van der Waals surface area contributed by atoms with E-state index >= 15 is 0 Å². The van der Waals surface area contributed by atoms with Gasteiger partial charge in [0.15, 0.2) is 0 Å². The van der Waals surface area contributed by atoms with Gasteiger partial charge in [0.05, 0.1) is 18.6 Å². The third-order valence-corrected chi connectivity index (χ3v) is 3.51. The first-order valence-corrected chi connectivity index (χ1v) is 6.60. The molecule has 0 saturated carbocycles. The zero-order chi connectivity index (χ0) is 12.3. The maximum atomic E-state index is 6.05. The van der Waals surface area contributed by atoms with Crippen molar-refractivity contribution in [1.29, 1.82) is 0 Å². The third kappa shape index (κ3) is 2.92. The van der Waals surface area contributed by atoms with Gasteiger partial charge >= 0.3 is 0 Å². The van der Waals surface area contributed by atoms with Crippen molar-refractivity contribution < 1.29 is 4.42 Å². The molecule has 2 rings (SSSR count). The monoisotopic (exact) mass is 313 g/mol. The fourth-order valence-corrected chi connectivity index (χ4v) is 2.44. The van der Waals surface area contributed by atoms with E-state index in [0.29, 0.717) is 0 Å². The van der Waals surface area contributed by atoms with Crippen LogP contribution in [0.3, 0.4) is 0 Å². The number of furan rings is 1. The molecule has 1 atom stereocenters. The van der Waals surface area contributed by atoms with Gasteiger partial charge in [-0.05, 0) is 36.4 Å². The van der Waals surface area contributed by atoms with Gasteiger partial charge in [0.2, 0.25) is 0 Å². The smallest absolute Gasteiger partial charge is 0.0953 e. The standard InChI is InChI=1S/C13H13BrClNO/c1-2-16-13(9-5-6-17-8-9)11-7-10(15)3-4-12(11)14/h3-8,13,16H,2H2,1H3. The Balaban J connectivity index is 2.42. The molecule has 17 heavy (non-hydrogen) atoms. The van der Waals surface area contributed by atoms with Crippen LogP contribution in [0.25, 0.3) is 0 Å². The molecule has 2 aromatic rings. The third-order valence-electron chi connectivity index (χ3n) is 2.55. The van der Waals surface area contributed by atoms with E-state index in [1.165, 1.54) is 0 Å². The van der Waals surface area contributed by atoms with Crippen LogP contribution in [0.1, 0.15) is 24.1 Å². The summed E-state index contributed by atoms with van der Waals surface area (Å²) in [5.74, 6) is 0. The second-order valence-corrected chi connectivity index (χ2v) is 5.00. The number of nitrogens with one attached hydrogen (secondary N) is 1. The normalized spacial score (nSPS) is 12.6. The Morgan fingerprint density at radius 2 is 2.24 bits per heavy atom. The highest BCUT2D eigenvalue weighted by Gasteiger charge is 2.17. The second kappa shape index (κ2) is 5.71. The SMILES string of the molecule is CCNC(c1ccoc1)c1cc(Cl)ccc1Br. The molecular formula is C13H13BrClNO. The lowest BCUT2D eigenvalue weighted by Gasteiger charge is -2.18. The fraction of sp³-hybridized carbons (Fsp3) is 0.231. The molecule has 0 amide bonds. The zero-order valence-electron chi connectivity index (χ0n) is 9.41. The minimum absolute atomic E-state index is 0.0897. The van der Waals surface area contributed by atoms with E-state index in [4.69, 9.17) is 16.0 Å². The maximum absolute atomic E-state index is 6.05. The van der Waals surface area contributed by atoms with Gasteiger partial charge in [0.1, 0.15) is 0 Å². The topological polar surface area (TPSA) is 25.2 Å². The van der Waals surface area contributed by atoms with Crippen LogP contribution < -0.4 is 5.32 Å². The largest absolute Gasteiger partial charge is 0.472 e. The predicted octanol–water partition coefficient (Wildman–Crippen LogP) is 4.39. The average Bonchev–Trinajstić information content (AvgIpc) is 2.83. The Morgan fingerprint density at radius 3 is 2.88 bits per heavy atom. The van der Waals surface area contributed by atoms with Crippen LogP contribution in [-0.2, 0) is 0 Å². The molecule has 0 saturated heterocycles. The van der Waals surface area contributed by atoms with Crippen molar-refractivity contribution in [3.63, 3.8) is 0 Å². The molecule has 0 aliphatic carbocycles. The Hall–Kier alpha value is -0.770. The molecule has 2 nitrogen and oxygen atoms in total. The minimum atomic E-state index is 0.0897. The first-order chi connectivity index (χ1) is 8.22. The van der Waals surface area contributed by atoms with Gasteiger partial charge < -0.3 is 9.73 Å². The van der Waals surface area contributed by atoms with E-state index in [9.17, 15) is 0 Å². The summed E-state index contributed by atoms with van der Waals surface area (Å²) in [5, 5.41) is 4.15. The highest BCUT2D eigenvalue weighted by Crippen LogP contribution is 2.31. The Morgan fingerprint density at radius 1 is 1.41 bits per heavy atom. The summed E-state index contributed by atoms with van der Waals surface area (Å²) in [6, 6.07) is 7.84. The number of halogens is 2. The van der Waals surface area contributed by atoms with Crippen molar-refractivity contribution in [3.05, 3.63) is 57.4 Å². The van der Waals surface area contributed by atoms with E-state index in [-0.39, 0.29) is 6.04 Å². The first-order valence-electron chi connectivity index (χ1n) is 5.42. The summed E-state index contributed by atoms with van der Waals surface area (Å²) in [6.45, 7) is 2.94. The van der Waals surface area contributed by atoms with Gasteiger partial charge in [-0.15, -0.1) is 0 Å². The number of hydrogen-bond acceptors (Lipinski definition) is 2. The fourth-order valence-electron chi connectivity index (χ4n) is 1.79. The zero-order valence-corrected chi connectivity index (χ0v) is 11.8. The lowest BCUT2D eigenvalue weighted by molar-refractivity contribution is 0.552. The summed E-state index contributed by atoms with van der Waals surface area (Å²) < 4.78 is 6.18. The molecule has 1 heterocycles. The quantitative estimate of drug-likeness (QED) is 0.905. The Labute approximate surface area is 114 Å². The molecule has 0 fully saturated rings. The van der Waals surface area contributed by atoms with Crippen molar-refractivity contribution >= 4 is 27.5 Å². The van der Waals surface area contributed by atoms with Gasteiger partial charge in [-0.3, -0.25) is 0 Å². The molecule has 1 aromatic heterocycles. The van der Waals surface area contributed by atoms with Gasteiger partial charge in [-0.2, -0.15) is 0 Å². The molecule has 0 radical (unpaired) electrons. The lowest BCUT2D eigenvalue weighted by atomic mass is 10.0. The number of benzene rings is 1. The predicted molar refractivity (Wildman–Crippen MR) is 73.4 cm³/mol. The number of rotatable bonds is 4. The summed E-state index contributed by atoms with van der Waals surface area (Å²) in [5.41, 5.74) is 2.20. The second-order valence-electron chi connectivity index (χ2n) is 3.71. The molecular weight excluding hydrogens is 302 g/mol. The molecule has 0 aliphatic heterocycles. The Kier molecular flexibility index (Phi) is 4.26. The summed E-state index contributed by atoms with van der Waals surface area (Å²) in [4.78, 5) is 0. The van der Waals surface area contributed by atoms with Crippen LogP contribution in [-0.4, -0.2) is 6.54 Å². The van der Waals surface area contributed by atoms with Crippen LogP contribution in [0.15, 0.2) is 45.7 Å². The van der Waals surface area contributed by atoms with E-state index in [0.717, 1.165) is 27.2 Å². The van der Waals surface area contributed by atoms with Crippen LogP contribution in [0.5, 0.6) is 0 Å². The van der Waals surface area contributed by atoms with E-state index < -0.39 is 0 Å². The molecule has 0 bridgehead atoms. The van der Waals surface area contributed by atoms with Crippen LogP contribution in [0.4, 0.5) is 0 Å². The first kappa shape index (κ1) is 12.7. The van der Waals surface area contributed by atoms with Crippen LogP contribution >= 0.6 is 27.5 Å². The van der Waals surface area contributed by atoms with Crippen molar-refractivity contribution in [3.8, 4) is 0 Å². The van der Waals surface area contributed by atoms with E-state index in [1.54, 1.807) is 12.5 Å². The van der Waals surface area contributed by atoms with Gasteiger partial charge in [-0.25, -0.2) is 0 Å². The van der Waals surface area contributed by atoms with Crippen LogP contribution in [0.2, 0.25) is 5.02 Å². The summed E-state index contributed by atoms with van der Waals surface area (Å²) in [6.07, 6.45) is 3.43. The summed E-state index contributed by atoms with van der Waals surface area (Å²) >= 11 is 9.61.